The molecule has 0 radical (unpaired) electrons. The number of nitrogens with two attached hydrogens (primary N) is 1. The Bertz CT molecular complexity index is 330. The summed E-state index contributed by atoms with van der Waals surface area (Å²) in [5, 5.41) is 0. The van der Waals surface area contributed by atoms with Gasteiger partial charge in [0.05, 0.1) is 5.92 Å². The number of carbonyl (C=O) groups excluding carboxylic acids is 1. The highest BCUT2D eigenvalue weighted by molar-refractivity contribution is 5.85. The maximum atomic E-state index is 12.7. The van der Waals surface area contributed by atoms with Gasteiger partial charge in [-0.3, -0.25) is 4.79 Å². The monoisotopic (exact) mass is 286 g/mol. The van der Waals surface area contributed by atoms with Crippen LogP contribution in [-0.4, -0.2) is 29.9 Å². The van der Waals surface area contributed by atoms with Crippen molar-refractivity contribution in [3.8, 4) is 0 Å². The molecule has 0 saturated heterocycles. The molecule has 3 nitrogen and oxygen atoms in total. The number of carbonyl (C=O) groups is 1. The van der Waals surface area contributed by atoms with Crippen LogP contribution in [0.3, 0.4) is 0 Å². The maximum Gasteiger partial charge on any atom is 0.227 e. The molecule has 4 atom stereocenters. The van der Waals surface area contributed by atoms with E-state index in [-0.39, 0.29) is 24.4 Å². The van der Waals surface area contributed by atoms with Gasteiger partial charge in [0.15, 0.2) is 0 Å². The first-order chi connectivity index (χ1) is 8.70. The SMILES string of the molecule is CCCN(CC1CC1)C(=O)C1C2CCC(C2)C1N.Cl. The predicted molar refractivity (Wildman–Crippen MR) is 79.1 cm³/mol. The Morgan fingerprint density at radius 1 is 1.21 bits per heavy atom. The minimum atomic E-state index is 0. The molecule has 19 heavy (non-hydrogen) atoms. The van der Waals surface area contributed by atoms with Gasteiger partial charge in [-0.2, -0.15) is 0 Å². The van der Waals surface area contributed by atoms with Crippen LogP contribution < -0.4 is 5.73 Å². The molecule has 3 saturated carbocycles. The third kappa shape index (κ3) is 2.92. The van der Waals surface area contributed by atoms with Gasteiger partial charge in [0.2, 0.25) is 5.91 Å². The lowest BCUT2D eigenvalue weighted by atomic mass is 9.84. The van der Waals surface area contributed by atoms with Crippen LogP contribution in [0.5, 0.6) is 0 Å². The standard InChI is InChI=1S/C15H26N2O.ClH/c1-2-7-17(9-10-3-4-10)15(18)13-11-5-6-12(8-11)14(13)16;/h10-14H,2-9,16H2,1H3;1H. The molecule has 0 aromatic rings. The Hall–Kier alpha value is -0.280. The number of halogens is 1. The Kier molecular flexibility index (Phi) is 4.78. The van der Waals surface area contributed by atoms with Gasteiger partial charge >= 0.3 is 0 Å². The molecule has 0 spiro atoms. The van der Waals surface area contributed by atoms with Crippen molar-refractivity contribution < 1.29 is 4.79 Å². The zero-order valence-corrected chi connectivity index (χ0v) is 12.7. The Labute approximate surface area is 122 Å². The molecule has 0 aliphatic heterocycles. The Morgan fingerprint density at radius 3 is 2.42 bits per heavy atom. The van der Waals surface area contributed by atoms with E-state index < -0.39 is 0 Å². The first kappa shape index (κ1) is 15.1. The summed E-state index contributed by atoms with van der Waals surface area (Å²) in [5.74, 6) is 2.54. The zero-order chi connectivity index (χ0) is 12.7. The average Bonchev–Trinajstić information content (AvgIpc) is 2.95. The van der Waals surface area contributed by atoms with Crippen molar-refractivity contribution >= 4 is 18.3 Å². The Morgan fingerprint density at radius 2 is 1.89 bits per heavy atom. The summed E-state index contributed by atoms with van der Waals surface area (Å²) in [5.41, 5.74) is 6.30. The molecule has 4 heteroatoms. The molecular weight excluding hydrogens is 260 g/mol. The van der Waals surface area contributed by atoms with Crippen molar-refractivity contribution in [2.24, 2.45) is 29.4 Å². The lowest BCUT2D eigenvalue weighted by Crippen LogP contribution is -2.47. The number of hydrogen-bond acceptors (Lipinski definition) is 2. The molecule has 0 aromatic heterocycles. The first-order valence-corrected chi connectivity index (χ1v) is 7.75. The van der Waals surface area contributed by atoms with Crippen LogP contribution in [0, 0.1) is 23.7 Å². The Balaban J connectivity index is 0.00000133. The lowest BCUT2D eigenvalue weighted by Gasteiger charge is -2.32. The second kappa shape index (κ2) is 6.01. The molecule has 2 N–H and O–H groups in total. The highest BCUT2D eigenvalue weighted by atomic mass is 35.5. The number of fused-ring (bicyclic) bond motifs is 2. The van der Waals surface area contributed by atoms with Crippen LogP contribution in [-0.2, 0) is 4.79 Å². The molecular formula is C15H27ClN2O. The highest BCUT2D eigenvalue weighted by Gasteiger charge is 2.50. The van der Waals surface area contributed by atoms with E-state index in [9.17, 15) is 4.79 Å². The molecule has 2 bridgehead atoms. The fourth-order valence-corrected chi connectivity index (χ4v) is 4.09. The molecule has 0 aromatic carbocycles. The lowest BCUT2D eigenvalue weighted by molar-refractivity contribution is -0.138. The topological polar surface area (TPSA) is 46.3 Å². The van der Waals surface area contributed by atoms with Gasteiger partial charge in [-0.1, -0.05) is 6.92 Å². The van der Waals surface area contributed by atoms with Gasteiger partial charge in [-0.05, 0) is 56.3 Å². The summed E-state index contributed by atoms with van der Waals surface area (Å²) >= 11 is 0. The van der Waals surface area contributed by atoms with Gasteiger partial charge in [-0.25, -0.2) is 0 Å². The molecule has 4 unspecified atom stereocenters. The van der Waals surface area contributed by atoms with Gasteiger partial charge in [0, 0.05) is 19.1 Å². The van der Waals surface area contributed by atoms with E-state index in [1.165, 1.54) is 32.1 Å². The fourth-order valence-electron chi connectivity index (χ4n) is 4.09. The van der Waals surface area contributed by atoms with Gasteiger partial charge in [0.1, 0.15) is 0 Å². The van der Waals surface area contributed by atoms with Crippen LogP contribution in [0.15, 0.2) is 0 Å². The summed E-state index contributed by atoms with van der Waals surface area (Å²) in [7, 11) is 0. The minimum Gasteiger partial charge on any atom is -0.342 e. The second-order valence-corrected chi connectivity index (χ2v) is 6.66. The van der Waals surface area contributed by atoms with Crippen molar-refractivity contribution in [3.05, 3.63) is 0 Å². The largest absolute Gasteiger partial charge is 0.342 e. The zero-order valence-electron chi connectivity index (χ0n) is 11.9. The van der Waals surface area contributed by atoms with Crippen molar-refractivity contribution in [2.45, 2.75) is 51.5 Å². The third-order valence-electron chi connectivity index (χ3n) is 5.25. The fraction of sp³-hybridized carbons (Fsp3) is 0.933. The molecule has 0 heterocycles. The van der Waals surface area contributed by atoms with Crippen molar-refractivity contribution in [1.82, 2.24) is 4.90 Å². The number of rotatable bonds is 5. The summed E-state index contributed by atoms with van der Waals surface area (Å²) in [6.07, 6.45) is 7.40. The smallest absolute Gasteiger partial charge is 0.227 e. The van der Waals surface area contributed by atoms with E-state index >= 15 is 0 Å². The summed E-state index contributed by atoms with van der Waals surface area (Å²) in [4.78, 5) is 14.9. The van der Waals surface area contributed by atoms with Gasteiger partial charge < -0.3 is 10.6 Å². The maximum absolute atomic E-state index is 12.7. The van der Waals surface area contributed by atoms with Crippen LogP contribution in [0.2, 0.25) is 0 Å². The van der Waals surface area contributed by atoms with Crippen LogP contribution in [0.1, 0.15) is 45.4 Å². The van der Waals surface area contributed by atoms with E-state index in [4.69, 9.17) is 5.73 Å². The number of hydrogen-bond donors (Lipinski definition) is 1. The van der Waals surface area contributed by atoms with Crippen molar-refractivity contribution in [1.29, 1.82) is 0 Å². The van der Waals surface area contributed by atoms with Crippen LogP contribution >= 0.6 is 12.4 Å². The van der Waals surface area contributed by atoms with Crippen LogP contribution in [0.25, 0.3) is 0 Å². The van der Waals surface area contributed by atoms with Gasteiger partial charge in [0.25, 0.3) is 0 Å². The average molecular weight is 287 g/mol. The molecule has 3 fully saturated rings. The molecule has 110 valence electrons. The molecule has 1 amide bonds. The molecule has 3 aliphatic rings. The molecule has 3 aliphatic carbocycles. The normalized spacial score (nSPS) is 36.1. The minimum absolute atomic E-state index is 0. The summed E-state index contributed by atoms with van der Waals surface area (Å²) in [6.45, 7) is 4.08. The van der Waals surface area contributed by atoms with E-state index in [0.29, 0.717) is 17.7 Å². The first-order valence-electron chi connectivity index (χ1n) is 7.75. The summed E-state index contributed by atoms with van der Waals surface area (Å²) < 4.78 is 0. The van der Waals surface area contributed by atoms with E-state index in [2.05, 4.69) is 11.8 Å². The summed E-state index contributed by atoms with van der Waals surface area (Å²) in [6, 6.07) is 0.148. The van der Waals surface area contributed by atoms with Crippen molar-refractivity contribution in [2.75, 3.05) is 13.1 Å². The predicted octanol–water partition coefficient (Wildman–Crippen LogP) is 2.43. The van der Waals surface area contributed by atoms with E-state index in [1.54, 1.807) is 0 Å². The quantitative estimate of drug-likeness (QED) is 0.844. The van der Waals surface area contributed by atoms with Crippen LogP contribution in [0.4, 0.5) is 0 Å². The van der Waals surface area contributed by atoms with Gasteiger partial charge in [-0.15, -0.1) is 12.4 Å². The molecule has 3 rings (SSSR count). The highest BCUT2D eigenvalue weighted by Crippen LogP contribution is 2.48. The third-order valence-corrected chi connectivity index (χ3v) is 5.25. The number of amides is 1. The second-order valence-electron chi connectivity index (χ2n) is 6.66. The number of nitrogens with zero attached hydrogens (tertiary/aromatic N) is 1. The van der Waals surface area contributed by atoms with E-state index in [1.807, 2.05) is 0 Å². The van der Waals surface area contributed by atoms with Crippen molar-refractivity contribution in [3.63, 3.8) is 0 Å². The van der Waals surface area contributed by atoms with E-state index in [0.717, 1.165) is 25.4 Å².